The number of carbonyl (C=O) groups excluding carboxylic acids is 1. The van der Waals surface area contributed by atoms with E-state index in [0.29, 0.717) is 6.54 Å². The van der Waals surface area contributed by atoms with Crippen molar-refractivity contribution in [2.24, 2.45) is 0 Å². The zero-order valence-corrected chi connectivity index (χ0v) is 11.6. The van der Waals surface area contributed by atoms with Crippen LogP contribution in [0.3, 0.4) is 0 Å². The number of rotatable bonds is 3. The molecule has 4 nitrogen and oxygen atoms in total. The Labute approximate surface area is 114 Å². The minimum atomic E-state index is -0.427. The lowest BCUT2D eigenvalue weighted by molar-refractivity contribution is -0.137. The van der Waals surface area contributed by atoms with Crippen LogP contribution in [-0.4, -0.2) is 35.0 Å². The lowest BCUT2D eigenvalue weighted by Crippen LogP contribution is -2.57. The molecule has 0 spiro atoms. The zero-order valence-electron chi connectivity index (χ0n) is 11.6. The highest BCUT2D eigenvalue weighted by molar-refractivity contribution is 5.85. The molecule has 0 radical (unpaired) electrons. The second-order valence-corrected chi connectivity index (χ2v) is 5.54. The van der Waals surface area contributed by atoms with E-state index in [-0.39, 0.29) is 11.7 Å². The number of hydrogen-bond donors (Lipinski definition) is 2. The lowest BCUT2D eigenvalue weighted by atomic mass is 9.89. The third-order valence-corrected chi connectivity index (χ3v) is 3.79. The number of phenolic OH excluding ortho intramolecular Hbond substituents is 1. The maximum atomic E-state index is 12.5. The number of carbonyl (C=O) groups is 1. The van der Waals surface area contributed by atoms with E-state index in [9.17, 15) is 9.90 Å². The Bertz CT molecular complexity index is 436. The lowest BCUT2D eigenvalue weighted by Gasteiger charge is -2.36. The van der Waals surface area contributed by atoms with Crippen molar-refractivity contribution in [1.82, 2.24) is 10.2 Å². The van der Waals surface area contributed by atoms with Gasteiger partial charge in [-0.05, 0) is 50.4 Å². The summed E-state index contributed by atoms with van der Waals surface area (Å²) in [6, 6.07) is 6.98. The molecule has 1 aromatic rings. The van der Waals surface area contributed by atoms with Crippen molar-refractivity contribution in [3.63, 3.8) is 0 Å². The van der Waals surface area contributed by atoms with E-state index in [1.54, 1.807) is 17.0 Å². The fourth-order valence-electron chi connectivity index (χ4n) is 2.61. The van der Waals surface area contributed by atoms with Gasteiger partial charge in [-0.3, -0.25) is 4.79 Å². The Kier molecular flexibility index (Phi) is 4.10. The molecule has 1 aliphatic heterocycles. The number of nitrogens with one attached hydrogen (secondary N) is 1. The summed E-state index contributed by atoms with van der Waals surface area (Å²) in [7, 11) is 1.83. The number of nitrogens with zero attached hydrogens (tertiary/aromatic N) is 1. The van der Waals surface area contributed by atoms with Crippen molar-refractivity contribution in [1.29, 1.82) is 0 Å². The van der Waals surface area contributed by atoms with Crippen molar-refractivity contribution in [3.05, 3.63) is 29.8 Å². The molecule has 19 heavy (non-hydrogen) atoms. The van der Waals surface area contributed by atoms with Crippen LogP contribution in [0.25, 0.3) is 0 Å². The molecule has 0 aliphatic carbocycles. The van der Waals surface area contributed by atoms with Crippen molar-refractivity contribution < 1.29 is 9.90 Å². The van der Waals surface area contributed by atoms with Crippen LogP contribution in [0.5, 0.6) is 5.75 Å². The smallest absolute Gasteiger partial charge is 0.242 e. The van der Waals surface area contributed by atoms with Gasteiger partial charge in [0, 0.05) is 13.6 Å². The molecule has 1 heterocycles. The third kappa shape index (κ3) is 3.26. The molecule has 4 heteroatoms. The van der Waals surface area contributed by atoms with Crippen molar-refractivity contribution in [3.8, 4) is 5.75 Å². The van der Waals surface area contributed by atoms with E-state index in [1.807, 2.05) is 26.1 Å². The predicted octanol–water partition coefficient (Wildman–Crippen LogP) is 1.88. The van der Waals surface area contributed by atoms with Gasteiger partial charge in [-0.1, -0.05) is 12.1 Å². The number of hydrogen-bond acceptors (Lipinski definition) is 3. The van der Waals surface area contributed by atoms with Crippen molar-refractivity contribution >= 4 is 5.91 Å². The number of aromatic hydroxyl groups is 1. The first kappa shape index (κ1) is 13.9. The fraction of sp³-hybridized carbons (Fsp3) is 0.533. The van der Waals surface area contributed by atoms with Crippen LogP contribution in [0.1, 0.15) is 31.7 Å². The molecule has 1 fully saturated rings. The van der Waals surface area contributed by atoms with Gasteiger partial charge in [0.1, 0.15) is 5.75 Å². The van der Waals surface area contributed by atoms with Gasteiger partial charge in [-0.2, -0.15) is 0 Å². The largest absolute Gasteiger partial charge is 0.508 e. The summed E-state index contributed by atoms with van der Waals surface area (Å²) in [6.45, 7) is 3.47. The van der Waals surface area contributed by atoms with E-state index in [1.165, 1.54) is 0 Å². The maximum Gasteiger partial charge on any atom is 0.242 e. The van der Waals surface area contributed by atoms with Crippen LogP contribution < -0.4 is 5.32 Å². The predicted molar refractivity (Wildman–Crippen MR) is 74.8 cm³/mol. The summed E-state index contributed by atoms with van der Waals surface area (Å²) in [5.74, 6) is 0.388. The van der Waals surface area contributed by atoms with E-state index < -0.39 is 5.54 Å². The number of phenols is 1. The molecule has 0 bridgehead atoms. The Morgan fingerprint density at radius 2 is 2.05 bits per heavy atom. The molecule has 0 aromatic heterocycles. The molecule has 1 aliphatic rings. The summed E-state index contributed by atoms with van der Waals surface area (Å²) in [5.41, 5.74) is 0.595. The molecule has 2 N–H and O–H groups in total. The quantitative estimate of drug-likeness (QED) is 0.874. The second kappa shape index (κ2) is 5.61. The van der Waals surface area contributed by atoms with Crippen LogP contribution in [0.4, 0.5) is 0 Å². The number of benzene rings is 1. The standard InChI is InChI=1S/C15H22N2O2/c1-15(9-3-4-10-16-15)14(19)17(2)11-12-5-7-13(18)8-6-12/h5-8,16,18H,3-4,9-11H2,1-2H3. The highest BCUT2D eigenvalue weighted by atomic mass is 16.3. The van der Waals surface area contributed by atoms with E-state index in [0.717, 1.165) is 31.4 Å². The molecule has 1 aromatic carbocycles. The van der Waals surface area contributed by atoms with Crippen LogP contribution in [0, 0.1) is 0 Å². The van der Waals surface area contributed by atoms with E-state index in [4.69, 9.17) is 0 Å². The van der Waals surface area contributed by atoms with Crippen LogP contribution in [0.2, 0.25) is 0 Å². The molecule has 1 unspecified atom stereocenters. The van der Waals surface area contributed by atoms with Crippen LogP contribution in [-0.2, 0) is 11.3 Å². The minimum Gasteiger partial charge on any atom is -0.508 e. The molecular formula is C15H22N2O2. The third-order valence-electron chi connectivity index (χ3n) is 3.79. The van der Waals surface area contributed by atoms with Crippen LogP contribution >= 0.6 is 0 Å². The first-order valence-corrected chi connectivity index (χ1v) is 6.80. The number of likely N-dealkylation sites (N-methyl/N-ethyl adjacent to an activating group) is 1. The normalized spacial score (nSPS) is 23.1. The SMILES string of the molecule is CN(Cc1ccc(O)cc1)C(=O)C1(C)CCCCN1. The molecule has 1 saturated heterocycles. The van der Waals surface area contributed by atoms with Gasteiger partial charge in [0.2, 0.25) is 5.91 Å². The number of amides is 1. The first-order chi connectivity index (χ1) is 9.01. The second-order valence-electron chi connectivity index (χ2n) is 5.54. The number of piperidine rings is 1. The summed E-state index contributed by atoms with van der Waals surface area (Å²) in [6.07, 6.45) is 3.14. The Hall–Kier alpha value is -1.55. The average Bonchev–Trinajstić information content (AvgIpc) is 2.41. The van der Waals surface area contributed by atoms with Gasteiger partial charge in [0.25, 0.3) is 0 Å². The summed E-state index contributed by atoms with van der Waals surface area (Å²) in [4.78, 5) is 14.3. The Balaban J connectivity index is 2.00. The van der Waals surface area contributed by atoms with E-state index >= 15 is 0 Å². The van der Waals surface area contributed by atoms with Crippen molar-refractivity contribution in [2.45, 2.75) is 38.3 Å². The Morgan fingerprint density at radius 3 is 2.63 bits per heavy atom. The minimum absolute atomic E-state index is 0.139. The molecule has 2 rings (SSSR count). The molecule has 1 atom stereocenters. The molecule has 0 saturated carbocycles. The van der Waals surface area contributed by atoms with Gasteiger partial charge < -0.3 is 15.3 Å². The Morgan fingerprint density at radius 1 is 1.37 bits per heavy atom. The molecular weight excluding hydrogens is 240 g/mol. The van der Waals surface area contributed by atoms with Gasteiger partial charge in [-0.15, -0.1) is 0 Å². The maximum absolute atomic E-state index is 12.5. The molecule has 1 amide bonds. The highest BCUT2D eigenvalue weighted by Crippen LogP contribution is 2.22. The van der Waals surface area contributed by atoms with Gasteiger partial charge >= 0.3 is 0 Å². The average molecular weight is 262 g/mol. The first-order valence-electron chi connectivity index (χ1n) is 6.80. The summed E-state index contributed by atoms with van der Waals surface area (Å²) >= 11 is 0. The van der Waals surface area contributed by atoms with Gasteiger partial charge in [-0.25, -0.2) is 0 Å². The fourth-order valence-corrected chi connectivity index (χ4v) is 2.61. The van der Waals surface area contributed by atoms with Crippen molar-refractivity contribution in [2.75, 3.05) is 13.6 Å². The molecule has 104 valence electrons. The van der Waals surface area contributed by atoms with Gasteiger partial charge in [0.15, 0.2) is 0 Å². The zero-order chi connectivity index (χ0) is 13.9. The summed E-state index contributed by atoms with van der Waals surface area (Å²) in [5, 5.41) is 12.6. The monoisotopic (exact) mass is 262 g/mol. The van der Waals surface area contributed by atoms with Gasteiger partial charge in [0.05, 0.1) is 5.54 Å². The summed E-state index contributed by atoms with van der Waals surface area (Å²) < 4.78 is 0. The topological polar surface area (TPSA) is 52.6 Å². The van der Waals surface area contributed by atoms with E-state index in [2.05, 4.69) is 5.32 Å². The highest BCUT2D eigenvalue weighted by Gasteiger charge is 2.36. The van der Waals surface area contributed by atoms with Crippen LogP contribution in [0.15, 0.2) is 24.3 Å².